The zero-order chi connectivity index (χ0) is 15.5. The van der Waals surface area contributed by atoms with Crippen molar-refractivity contribution in [2.45, 2.75) is 6.17 Å². The quantitative estimate of drug-likeness (QED) is 0.442. The molecule has 8 heteroatoms. The third-order valence-electron chi connectivity index (χ3n) is 3.34. The normalized spacial score (nSPS) is 17.0. The molecule has 2 heterocycles. The van der Waals surface area contributed by atoms with E-state index in [1.807, 2.05) is 12.1 Å². The second-order valence-electron chi connectivity index (χ2n) is 4.75. The number of nitrogens with two attached hydrogens (primary N) is 1. The van der Waals surface area contributed by atoms with Crippen LogP contribution in [0.1, 0.15) is 11.3 Å². The topological polar surface area (TPSA) is 118 Å². The summed E-state index contributed by atoms with van der Waals surface area (Å²) in [5.74, 6) is 5.49. The van der Waals surface area contributed by atoms with E-state index in [9.17, 15) is 10.1 Å². The molecule has 1 aliphatic rings. The third-order valence-corrected chi connectivity index (χ3v) is 3.34. The lowest BCUT2D eigenvalue weighted by atomic mass is 10.0. The second-order valence-corrected chi connectivity index (χ2v) is 4.75. The van der Waals surface area contributed by atoms with Crippen LogP contribution in [0, 0.1) is 10.1 Å². The zero-order valence-corrected chi connectivity index (χ0v) is 11.6. The molecule has 112 valence electrons. The molecule has 1 atom stereocenters. The van der Waals surface area contributed by atoms with Gasteiger partial charge in [-0.25, -0.2) is 5.43 Å². The number of benzodiazepines with no additional fused rings is 1. The van der Waals surface area contributed by atoms with Crippen LogP contribution < -0.4 is 16.6 Å². The number of aromatic nitrogens is 1. The molecule has 4 N–H and O–H groups in total. The lowest BCUT2D eigenvalue weighted by molar-refractivity contribution is -0.384. The first kappa shape index (κ1) is 14.1. The van der Waals surface area contributed by atoms with Gasteiger partial charge in [-0.05, 0) is 18.2 Å². The number of hydrazine groups is 1. The Hall–Kier alpha value is -2.84. The van der Waals surface area contributed by atoms with Crippen molar-refractivity contribution in [3.63, 3.8) is 0 Å². The highest BCUT2D eigenvalue weighted by molar-refractivity contribution is 6.15. The molecule has 2 aromatic rings. The number of rotatable bonds is 3. The van der Waals surface area contributed by atoms with Crippen LogP contribution in [0.2, 0.25) is 0 Å². The fraction of sp³-hybridized carbons (Fsp3) is 0.143. The minimum Gasteiger partial charge on any atom is -0.367 e. The van der Waals surface area contributed by atoms with Gasteiger partial charge in [0.2, 0.25) is 0 Å². The van der Waals surface area contributed by atoms with Gasteiger partial charge >= 0.3 is 0 Å². The van der Waals surface area contributed by atoms with Crippen molar-refractivity contribution in [2.24, 2.45) is 10.8 Å². The Kier molecular flexibility index (Phi) is 3.77. The van der Waals surface area contributed by atoms with Crippen molar-refractivity contribution in [1.82, 2.24) is 10.4 Å². The number of non-ortho nitro benzene ring substituents is 1. The van der Waals surface area contributed by atoms with Crippen molar-refractivity contribution in [3.05, 3.63) is 64.0 Å². The van der Waals surface area contributed by atoms with Gasteiger partial charge in [-0.1, -0.05) is 6.07 Å². The molecule has 8 nitrogen and oxygen atoms in total. The van der Waals surface area contributed by atoms with E-state index in [2.05, 4.69) is 20.7 Å². The summed E-state index contributed by atoms with van der Waals surface area (Å²) in [4.78, 5) is 19.4. The summed E-state index contributed by atoms with van der Waals surface area (Å²) in [6, 6.07) is 10.1. The summed E-state index contributed by atoms with van der Waals surface area (Å²) >= 11 is 0. The predicted octanol–water partition coefficient (Wildman–Crippen LogP) is 1.04. The van der Waals surface area contributed by atoms with E-state index < -0.39 is 4.92 Å². The number of aliphatic imine (C=N–C) groups is 1. The lowest BCUT2D eigenvalue weighted by Gasteiger charge is -2.15. The van der Waals surface area contributed by atoms with E-state index in [1.54, 1.807) is 18.3 Å². The van der Waals surface area contributed by atoms with Crippen LogP contribution in [-0.4, -0.2) is 28.3 Å². The molecule has 0 bridgehead atoms. The van der Waals surface area contributed by atoms with Crippen LogP contribution in [0.15, 0.2) is 47.6 Å². The fourth-order valence-electron chi connectivity index (χ4n) is 2.28. The Bertz CT molecular complexity index is 731. The van der Waals surface area contributed by atoms with Crippen molar-refractivity contribution in [3.8, 4) is 0 Å². The molecule has 0 radical (unpaired) electrons. The summed E-state index contributed by atoms with van der Waals surface area (Å²) in [5, 5.41) is 14.2. The summed E-state index contributed by atoms with van der Waals surface area (Å²) in [6.07, 6.45) is 1.40. The van der Waals surface area contributed by atoms with E-state index in [0.29, 0.717) is 23.5 Å². The molecule has 22 heavy (non-hydrogen) atoms. The monoisotopic (exact) mass is 298 g/mol. The van der Waals surface area contributed by atoms with Crippen molar-refractivity contribution in [1.29, 1.82) is 0 Å². The van der Waals surface area contributed by atoms with E-state index in [1.165, 1.54) is 12.1 Å². The SMILES string of the molecule is NNC1CN=C(c2ccccn2)c2cc([N+](=O)[O-])ccc2N1. The molecule has 0 saturated carbocycles. The Morgan fingerprint density at radius 2 is 2.23 bits per heavy atom. The number of nitro groups is 1. The molecule has 1 aromatic heterocycles. The van der Waals surface area contributed by atoms with E-state index in [0.717, 1.165) is 5.69 Å². The van der Waals surface area contributed by atoms with Crippen LogP contribution >= 0.6 is 0 Å². The van der Waals surface area contributed by atoms with Gasteiger partial charge in [0.15, 0.2) is 0 Å². The molecule has 0 fully saturated rings. The minimum absolute atomic E-state index is 0.00309. The van der Waals surface area contributed by atoms with Gasteiger partial charge in [0, 0.05) is 29.6 Å². The first-order valence-electron chi connectivity index (χ1n) is 6.66. The van der Waals surface area contributed by atoms with Crippen LogP contribution in [0.5, 0.6) is 0 Å². The maximum atomic E-state index is 11.0. The molecule has 3 rings (SSSR count). The van der Waals surface area contributed by atoms with Gasteiger partial charge in [0.05, 0.1) is 22.9 Å². The second kappa shape index (κ2) is 5.88. The standard InChI is InChI=1S/C14H14N6O2/c15-19-13-8-17-14(12-3-1-2-6-16-12)10-7-9(20(21)22)4-5-11(10)18-13/h1-7,13,18-19H,8,15H2. The number of nitrogens with one attached hydrogen (secondary N) is 2. The highest BCUT2D eigenvalue weighted by atomic mass is 16.6. The first-order chi connectivity index (χ1) is 10.7. The van der Waals surface area contributed by atoms with Gasteiger partial charge in [-0.2, -0.15) is 0 Å². The molecule has 1 aliphatic heterocycles. The average Bonchev–Trinajstić information content (AvgIpc) is 2.74. The largest absolute Gasteiger partial charge is 0.367 e. The van der Waals surface area contributed by atoms with Gasteiger partial charge < -0.3 is 5.32 Å². The highest BCUT2D eigenvalue weighted by Crippen LogP contribution is 2.27. The number of pyridine rings is 1. The minimum atomic E-state index is -0.431. The molecule has 1 unspecified atom stereocenters. The molecule has 0 saturated heterocycles. The maximum absolute atomic E-state index is 11.0. The van der Waals surface area contributed by atoms with Crippen molar-refractivity contribution >= 4 is 17.1 Å². The Morgan fingerprint density at radius 1 is 1.36 bits per heavy atom. The summed E-state index contributed by atoms with van der Waals surface area (Å²) in [5.41, 5.74) is 5.23. The number of hydrogen-bond acceptors (Lipinski definition) is 7. The van der Waals surface area contributed by atoms with Crippen molar-refractivity contribution in [2.75, 3.05) is 11.9 Å². The smallest absolute Gasteiger partial charge is 0.270 e. The Morgan fingerprint density at radius 3 is 2.91 bits per heavy atom. The third kappa shape index (κ3) is 2.65. The fourth-order valence-corrected chi connectivity index (χ4v) is 2.28. The number of nitro benzene ring substituents is 1. The van der Waals surface area contributed by atoms with Gasteiger partial charge in [0.1, 0.15) is 6.17 Å². The number of fused-ring (bicyclic) bond motifs is 1. The van der Waals surface area contributed by atoms with Gasteiger partial charge in [-0.15, -0.1) is 0 Å². The molecule has 0 spiro atoms. The Labute approximate surface area is 126 Å². The van der Waals surface area contributed by atoms with Gasteiger partial charge in [-0.3, -0.25) is 25.9 Å². The zero-order valence-electron chi connectivity index (χ0n) is 11.6. The number of nitrogens with zero attached hydrogens (tertiary/aromatic N) is 3. The van der Waals surface area contributed by atoms with E-state index in [-0.39, 0.29) is 11.9 Å². The van der Waals surface area contributed by atoms with Crippen LogP contribution in [0.3, 0.4) is 0 Å². The van der Waals surface area contributed by atoms with Crippen LogP contribution in [0.25, 0.3) is 0 Å². The van der Waals surface area contributed by atoms with E-state index in [4.69, 9.17) is 5.84 Å². The highest BCUT2D eigenvalue weighted by Gasteiger charge is 2.22. The molecular weight excluding hydrogens is 284 g/mol. The van der Waals surface area contributed by atoms with E-state index >= 15 is 0 Å². The molecular formula is C14H14N6O2. The molecule has 0 amide bonds. The first-order valence-corrected chi connectivity index (χ1v) is 6.66. The maximum Gasteiger partial charge on any atom is 0.270 e. The van der Waals surface area contributed by atoms with Crippen molar-refractivity contribution < 1.29 is 4.92 Å². The van der Waals surface area contributed by atoms with Crippen LogP contribution in [0.4, 0.5) is 11.4 Å². The number of benzene rings is 1. The van der Waals surface area contributed by atoms with Crippen LogP contribution in [-0.2, 0) is 0 Å². The molecule has 1 aromatic carbocycles. The summed E-state index contributed by atoms with van der Waals surface area (Å²) < 4.78 is 0. The number of anilines is 1. The Balaban J connectivity index is 2.16. The van der Waals surface area contributed by atoms with Gasteiger partial charge in [0.25, 0.3) is 5.69 Å². The lowest BCUT2D eigenvalue weighted by Crippen LogP contribution is -2.42. The number of hydrogen-bond donors (Lipinski definition) is 3. The predicted molar refractivity (Wildman–Crippen MR) is 82.6 cm³/mol. The molecule has 0 aliphatic carbocycles. The average molecular weight is 298 g/mol. The summed E-state index contributed by atoms with van der Waals surface area (Å²) in [7, 11) is 0. The summed E-state index contributed by atoms with van der Waals surface area (Å²) in [6.45, 7) is 0.380.